The van der Waals surface area contributed by atoms with Gasteiger partial charge in [-0.1, -0.05) is 35.3 Å². The van der Waals surface area contributed by atoms with Crippen LogP contribution in [0.25, 0.3) is 0 Å². The number of halogens is 2. The van der Waals surface area contributed by atoms with Crippen LogP contribution in [0.3, 0.4) is 0 Å². The maximum absolute atomic E-state index is 11.7. The molecule has 2 aromatic rings. The maximum Gasteiger partial charge on any atom is 0.269 e. The molecule has 19 heavy (non-hydrogen) atoms. The summed E-state index contributed by atoms with van der Waals surface area (Å²) in [6.45, 7) is 2.77. The Balaban J connectivity index is 2.02. The van der Waals surface area contributed by atoms with Crippen molar-refractivity contribution in [3.8, 4) is 5.75 Å². The smallest absolute Gasteiger partial charge is 0.269 e. The summed E-state index contributed by atoms with van der Waals surface area (Å²) in [5, 5.41) is 0.545. The van der Waals surface area contributed by atoms with Gasteiger partial charge in [0, 0.05) is 6.20 Å². The predicted molar refractivity (Wildman–Crippen MR) is 77.4 cm³/mol. The monoisotopic (exact) mass is 297 g/mol. The third-order valence-corrected chi connectivity index (χ3v) is 3.08. The van der Waals surface area contributed by atoms with Gasteiger partial charge < -0.3 is 9.30 Å². The van der Waals surface area contributed by atoms with Crippen molar-refractivity contribution in [1.82, 2.24) is 4.57 Å². The summed E-state index contributed by atoms with van der Waals surface area (Å²) in [6.07, 6.45) is 1.55. The van der Waals surface area contributed by atoms with Crippen LogP contribution in [0.5, 0.6) is 5.75 Å². The fraction of sp³-hybridized carbons (Fsp3) is 0.214. The normalized spacial score (nSPS) is 10.5. The minimum atomic E-state index is -0.265. The molecule has 5 heteroatoms. The van der Waals surface area contributed by atoms with E-state index in [1.165, 1.54) is 10.6 Å². The van der Waals surface area contributed by atoms with Gasteiger partial charge in [0.05, 0.1) is 11.6 Å². The van der Waals surface area contributed by atoms with Crippen molar-refractivity contribution in [2.75, 3.05) is 6.61 Å². The molecule has 0 N–H and O–H groups in total. The van der Waals surface area contributed by atoms with Gasteiger partial charge >= 0.3 is 0 Å². The van der Waals surface area contributed by atoms with Gasteiger partial charge in [0.1, 0.15) is 17.4 Å². The number of aryl methyl sites for hydroxylation is 1. The number of nitrogens with zero attached hydrogens (tertiary/aromatic N) is 1. The molecule has 0 atom stereocenters. The molecule has 0 aliphatic carbocycles. The summed E-state index contributed by atoms with van der Waals surface area (Å²) < 4.78 is 7.02. The second-order valence-corrected chi connectivity index (χ2v) is 5.01. The van der Waals surface area contributed by atoms with Crippen molar-refractivity contribution < 1.29 is 4.74 Å². The van der Waals surface area contributed by atoms with Crippen molar-refractivity contribution in [3.63, 3.8) is 0 Å². The first-order chi connectivity index (χ1) is 9.06. The summed E-state index contributed by atoms with van der Waals surface area (Å²) in [4.78, 5) is 11.7. The number of aromatic nitrogens is 1. The number of hydrogen-bond acceptors (Lipinski definition) is 2. The van der Waals surface area contributed by atoms with E-state index in [1.54, 1.807) is 6.20 Å². The van der Waals surface area contributed by atoms with E-state index in [0.717, 1.165) is 11.3 Å². The van der Waals surface area contributed by atoms with Crippen molar-refractivity contribution in [3.05, 3.63) is 62.5 Å². The molecule has 0 radical (unpaired) electrons. The molecule has 0 aliphatic rings. The average molecular weight is 298 g/mol. The number of benzene rings is 1. The second-order valence-electron chi connectivity index (χ2n) is 4.17. The van der Waals surface area contributed by atoms with Crippen LogP contribution in [0.4, 0.5) is 0 Å². The Morgan fingerprint density at radius 1 is 1.26 bits per heavy atom. The van der Waals surface area contributed by atoms with Gasteiger partial charge in [-0.15, -0.1) is 0 Å². The molecule has 0 saturated heterocycles. The molecule has 0 fully saturated rings. The molecule has 100 valence electrons. The molecule has 0 saturated carbocycles. The van der Waals surface area contributed by atoms with Crippen LogP contribution in [0.15, 0.2) is 41.3 Å². The van der Waals surface area contributed by atoms with Gasteiger partial charge in [0.2, 0.25) is 0 Å². The van der Waals surface area contributed by atoms with Crippen LogP contribution in [-0.2, 0) is 6.54 Å². The highest BCUT2D eigenvalue weighted by atomic mass is 35.5. The van der Waals surface area contributed by atoms with E-state index >= 15 is 0 Å². The lowest BCUT2D eigenvalue weighted by atomic mass is 10.2. The van der Waals surface area contributed by atoms with Gasteiger partial charge in [-0.3, -0.25) is 4.79 Å². The molecule has 2 rings (SSSR count). The van der Waals surface area contributed by atoms with E-state index < -0.39 is 0 Å². The van der Waals surface area contributed by atoms with Crippen LogP contribution < -0.4 is 10.3 Å². The Bertz CT molecular complexity index is 638. The highest BCUT2D eigenvalue weighted by molar-refractivity contribution is 6.34. The molecular weight excluding hydrogens is 285 g/mol. The Hall–Kier alpha value is -1.45. The standard InChI is InChI=1S/C14H13Cl2NO2/c1-10-3-2-4-12(7-10)19-6-5-17-9-11(15)8-13(16)14(17)18/h2-4,7-9H,5-6H2,1H3. The molecule has 3 nitrogen and oxygen atoms in total. The molecule has 0 aliphatic heterocycles. The van der Waals surface area contributed by atoms with Crippen molar-refractivity contribution in [2.45, 2.75) is 13.5 Å². The van der Waals surface area contributed by atoms with Crippen molar-refractivity contribution in [1.29, 1.82) is 0 Å². The number of rotatable bonds is 4. The Morgan fingerprint density at radius 3 is 2.79 bits per heavy atom. The highest BCUT2D eigenvalue weighted by Crippen LogP contribution is 2.13. The lowest BCUT2D eigenvalue weighted by Gasteiger charge is -2.09. The summed E-state index contributed by atoms with van der Waals surface area (Å²) in [7, 11) is 0. The van der Waals surface area contributed by atoms with Crippen molar-refractivity contribution in [2.24, 2.45) is 0 Å². The summed E-state index contributed by atoms with van der Waals surface area (Å²) in [6, 6.07) is 9.17. The fourth-order valence-electron chi connectivity index (χ4n) is 1.70. The summed E-state index contributed by atoms with van der Waals surface area (Å²) in [5.74, 6) is 0.779. The molecule has 0 unspecified atom stereocenters. The Morgan fingerprint density at radius 2 is 2.05 bits per heavy atom. The first kappa shape index (κ1) is 14.0. The van der Waals surface area contributed by atoms with Crippen LogP contribution in [-0.4, -0.2) is 11.2 Å². The van der Waals surface area contributed by atoms with Crippen LogP contribution in [0.2, 0.25) is 10.0 Å². The van der Waals surface area contributed by atoms with Gasteiger partial charge in [0.15, 0.2) is 0 Å². The van der Waals surface area contributed by atoms with Crippen LogP contribution in [0.1, 0.15) is 5.56 Å². The Labute approximate surface area is 121 Å². The average Bonchev–Trinajstić information content (AvgIpc) is 2.35. The van der Waals surface area contributed by atoms with E-state index in [9.17, 15) is 4.79 Å². The van der Waals surface area contributed by atoms with E-state index in [1.807, 2.05) is 31.2 Å². The molecule has 0 amide bonds. The molecule has 1 aromatic carbocycles. The molecule has 0 spiro atoms. The lowest BCUT2D eigenvalue weighted by molar-refractivity contribution is 0.296. The SMILES string of the molecule is Cc1cccc(OCCn2cc(Cl)cc(Cl)c2=O)c1. The summed E-state index contributed by atoms with van der Waals surface area (Å²) in [5.41, 5.74) is 0.861. The van der Waals surface area contributed by atoms with Gasteiger partial charge in [0.25, 0.3) is 5.56 Å². The number of pyridine rings is 1. The highest BCUT2D eigenvalue weighted by Gasteiger charge is 2.04. The van der Waals surface area contributed by atoms with E-state index in [2.05, 4.69) is 0 Å². The van der Waals surface area contributed by atoms with Crippen LogP contribution in [0, 0.1) is 6.92 Å². The van der Waals surface area contributed by atoms with E-state index in [4.69, 9.17) is 27.9 Å². The zero-order chi connectivity index (χ0) is 13.8. The van der Waals surface area contributed by atoms with Crippen molar-refractivity contribution >= 4 is 23.2 Å². The van der Waals surface area contributed by atoms with Gasteiger partial charge in [-0.2, -0.15) is 0 Å². The lowest BCUT2D eigenvalue weighted by Crippen LogP contribution is -2.22. The Kier molecular flexibility index (Phi) is 4.51. The minimum Gasteiger partial charge on any atom is -0.492 e. The molecule has 1 aromatic heterocycles. The number of hydrogen-bond donors (Lipinski definition) is 0. The first-order valence-corrected chi connectivity index (χ1v) is 6.57. The number of ether oxygens (including phenoxy) is 1. The molecular formula is C14H13Cl2NO2. The zero-order valence-corrected chi connectivity index (χ0v) is 11.9. The largest absolute Gasteiger partial charge is 0.492 e. The molecule has 0 bridgehead atoms. The van der Waals surface area contributed by atoms with E-state index in [-0.39, 0.29) is 10.6 Å². The third-order valence-electron chi connectivity index (χ3n) is 2.60. The topological polar surface area (TPSA) is 31.2 Å². The van der Waals surface area contributed by atoms with Gasteiger partial charge in [-0.25, -0.2) is 0 Å². The fourth-order valence-corrected chi connectivity index (χ4v) is 2.21. The van der Waals surface area contributed by atoms with Gasteiger partial charge in [-0.05, 0) is 30.7 Å². The minimum absolute atomic E-state index is 0.114. The third kappa shape index (κ3) is 3.75. The zero-order valence-electron chi connectivity index (χ0n) is 10.4. The predicted octanol–water partition coefficient (Wildman–Crippen LogP) is 3.54. The molecule has 1 heterocycles. The van der Waals surface area contributed by atoms with E-state index in [0.29, 0.717) is 18.2 Å². The maximum atomic E-state index is 11.7. The second kappa shape index (κ2) is 6.13. The van der Waals surface area contributed by atoms with Crippen LogP contribution >= 0.6 is 23.2 Å². The summed E-state index contributed by atoms with van der Waals surface area (Å²) >= 11 is 11.6. The quantitative estimate of drug-likeness (QED) is 0.864. The first-order valence-electron chi connectivity index (χ1n) is 5.81.